The van der Waals surface area contributed by atoms with Crippen molar-refractivity contribution >= 4 is 12.4 Å². The molecule has 0 bridgehead atoms. The first-order valence-corrected chi connectivity index (χ1v) is 2.70. The Labute approximate surface area is 57.8 Å². The molecule has 5 heteroatoms. The fourth-order valence-electron chi connectivity index (χ4n) is 0.361. The van der Waals surface area contributed by atoms with E-state index >= 15 is 0 Å². The minimum absolute atomic E-state index is 0.0125. The standard InChI is InChI=1S/C5H9NO4/c6-4(5(8)9)1-2-10-3-7/h3-4H,1-2,6H2,(H,8,9)/p-1. The van der Waals surface area contributed by atoms with E-state index in [4.69, 9.17) is 5.73 Å². The zero-order chi connectivity index (χ0) is 7.98. The first kappa shape index (κ1) is 8.90. The van der Waals surface area contributed by atoms with Crippen LogP contribution in [0.25, 0.3) is 0 Å². The highest BCUT2D eigenvalue weighted by Crippen LogP contribution is 1.85. The molecule has 1 unspecified atom stereocenters. The summed E-state index contributed by atoms with van der Waals surface area (Å²) in [6, 6.07) is -1.06. The summed E-state index contributed by atoms with van der Waals surface area (Å²) < 4.78 is 4.20. The second-order valence-corrected chi connectivity index (χ2v) is 1.68. The Morgan fingerprint density at radius 3 is 2.80 bits per heavy atom. The normalized spacial score (nSPS) is 12.1. The number of hydrogen-bond donors (Lipinski definition) is 1. The van der Waals surface area contributed by atoms with Gasteiger partial charge in [0.2, 0.25) is 0 Å². The molecule has 0 aliphatic carbocycles. The molecule has 0 rings (SSSR count). The number of hydrogen-bond acceptors (Lipinski definition) is 5. The highest BCUT2D eigenvalue weighted by molar-refractivity contribution is 5.70. The van der Waals surface area contributed by atoms with E-state index in [-0.39, 0.29) is 19.5 Å². The molecule has 0 aromatic rings. The highest BCUT2D eigenvalue weighted by Gasteiger charge is 2.01. The van der Waals surface area contributed by atoms with Crippen LogP contribution < -0.4 is 10.8 Å². The van der Waals surface area contributed by atoms with Gasteiger partial charge in [0, 0.05) is 12.5 Å². The lowest BCUT2D eigenvalue weighted by atomic mass is 10.2. The SMILES string of the molecule is NC(CCOC=O)C(=O)[O-]. The maximum atomic E-state index is 9.91. The lowest BCUT2D eigenvalue weighted by molar-refractivity contribution is -0.307. The maximum absolute atomic E-state index is 9.91. The van der Waals surface area contributed by atoms with Crippen molar-refractivity contribution in [1.82, 2.24) is 0 Å². The van der Waals surface area contributed by atoms with E-state index in [9.17, 15) is 14.7 Å². The third-order valence-electron chi connectivity index (χ3n) is 0.917. The topological polar surface area (TPSA) is 92.5 Å². The maximum Gasteiger partial charge on any atom is 0.293 e. The smallest absolute Gasteiger partial charge is 0.293 e. The van der Waals surface area contributed by atoms with Gasteiger partial charge >= 0.3 is 0 Å². The number of carboxylic acid groups (broad SMARTS) is 1. The molecule has 10 heavy (non-hydrogen) atoms. The second-order valence-electron chi connectivity index (χ2n) is 1.68. The van der Waals surface area contributed by atoms with Crippen LogP contribution >= 0.6 is 0 Å². The van der Waals surface area contributed by atoms with Crippen LogP contribution in [0, 0.1) is 0 Å². The molecule has 5 nitrogen and oxygen atoms in total. The lowest BCUT2D eigenvalue weighted by Crippen LogP contribution is -2.42. The van der Waals surface area contributed by atoms with Crippen LogP contribution in [0.1, 0.15) is 6.42 Å². The van der Waals surface area contributed by atoms with Gasteiger partial charge in [-0.2, -0.15) is 0 Å². The van der Waals surface area contributed by atoms with E-state index in [2.05, 4.69) is 4.74 Å². The van der Waals surface area contributed by atoms with Gasteiger partial charge in [-0.25, -0.2) is 0 Å². The predicted molar refractivity (Wildman–Crippen MR) is 29.6 cm³/mol. The van der Waals surface area contributed by atoms with Gasteiger partial charge in [-0.3, -0.25) is 4.79 Å². The van der Waals surface area contributed by atoms with Crippen molar-refractivity contribution in [3.63, 3.8) is 0 Å². The molecular formula is C5H8NO4-. The number of aliphatic carboxylic acids is 1. The van der Waals surface area contributed by atoms with E-state index < -0.39 is 12.0 Å². The van der Waals surface area contributed by atoms with Crippen molar-refractivity contribution < 1.29 is 19.4 Å². The molecule has 0 aliphatic heterocycles. The number of rotatable bonds is 5. The van der Waals surface area contributed by atoms with Gasteiger partial charge in [0.05, 0.1) is 12.6 Å². The molecule has 0 aromatic heterocycles. The van der Waals surface area contributed by atoms with Crippen LogP contribution in [0.15, 0.2) is 0 Å². The summed E-state index contributed by atoms with van der Waals surface area (Å²) >= 11 is 0. The van der Waals surface area contributed by atoms with Crippen LogP contribution in [0.2, 0.25) is 0 Å². The quantitative estimate of drug-likeness (QED) is 0.345. The summed E-state index contributed by atoms with van der Waals surface area (Å²) in [7, 11) is 0. The monoisotopic (exact) mass is 146 g/mol. The molecule has 2 N–H and O–H groups in total. The van der Waals surface area contributed by atoms with E-state index in [1.165, 1.54) is 0 Å². The predicted octanol–water partition coefficient (Wildman–Crippen LogP) is -2.37. The van der Waals surface area contributed by atoms with E-state index in [0.717, 1.165) is 0 Å². The Balaban J connectivity index is 3.30. The van der Waals surface area contributed by atoms with Gasteiger partial charge in [-0.15, -0.1) is 0 Å². The summed E-state index contributed by atoms with van der Waals surface area (Å²) in [6.45, 7) is 0.251. The average molecular weight is 146 g/mol. The van der Waals surface area contributed by atoms with Gasteiger partial charge in [0.15, 0.2) is 0 Å². The molecule has 0 heterocycles. The summed E-state index contributed by atoms with van der Waals surface area (Å²) in [6.07, 6.45) is 0.0844. The summed E-state index contributed by atoms with van der Waals surface area (Å²) in [5.74, 6) is -1.34. The average Bonchev–Trinajstić information content (AvgIpc) is 1.88. The van der Waals surface area contributed by atoms with Gasteiger partial charge in [0.25, 0.3) is 6.47 Å². The second kappa shape index (κ2) is 4.75. The molecule has 1 atom stereocenters. The van der Waals surface area contributed by atoms with Gasteiger partial charge in [-0.1, -0.05) is 0 Å². The van der Waals surface area contributed by atoms with Crippen molar-refractivity contribution in [3.05, 3.63) is 0 Å². The van der Waals surface area contributed by atoms with Gasteiger partial charge in [-0.05, 0) is 0 Å². The molecule has 0 spiro atoms. The molecule has 0 saturated carbocycles. The largest absolute Gasteiger partial charge is 0.548 e. The Hall–Kier alpha value is -1.10. The fraction of sp³-hybridized carbons (Fsp3) is 0.600. The molecule has 0 aliphatic rings. The van der Waals surface area contributed by atoms with Crippen LogP contribution in [0.3, 0.4) is 0 Å². The minimum Gasteiger partial charge on any atom is -0.548 e. The first-order chi connectivity index (χ1) is 4.68. The van der Waals surface area contributed by atoms with E-state index in [1.54, 1.807) is 0 Å². The molecule has 0 radical (unpaired) electrons. The van der Waals surface area contributed by atoms with Crippen LogP contribution in [0.5, 0.6) is 0 Å². The van der Waals surface area contributed by atoms with Crippen LogP contribution in [-0.2, 0) is 14.3 Å². The number of carbonyl (C=O) groups is 2. The third kappa shape index (κ3) is 3.85. The van der Waals surface area contributed by atoms with E-state index in [0.29, 0.717) is 0 Å². The molecule has 58 valence electrons. The Morgan fingerprint density at radius 1 is 1.80 bits per heavy atom. The zero-order valence-electron chi connectivity index (χ0n) is 5.28. The molecular weight excluding hydrogens is 138 g/mol. The highest BCUT2D eigenvalue weighted by atomic mass is 16.5. The number of carbonyl (C=O) groups excluding carboxylic acids is 2. The summed E-state index contributed by atoms with van der Waals surface area (Å²) in [4.78, 5) is 19.4. The van der Waals surface area contributed by atoms with Crippen molar-refractivity contribution in [2.75, 3.05) is 6.61 Å². The first-order valence-electron chi connectivity index (χ1n) is 2.70. The molecule has 0 fully saturated rings. The number of carboxylic acids is 1. The Kier molecular flexibility index (Phi) is 4.23. The van der Waals surface area contributed by atoms with Gasteiger partial charge < -0.3 is 20.4 Å². The summed E-state index contributed by atoms with van der Waals surface area (Å²) in [5.41, 5.74) is 5.00. The fourth-order valence-corrected chi connectivity index (χ4v) is 0.361. The van der Waals surface area contributed by atoms with Crippen molar-refractivity contribution in [3.8, 4) is 0 Å². The zero-order valence-corrected chi connectivity index (χ0v) is 5.28. The number of ether oxygens (including phenoxy) is 1. The van der Waals surface area contributed by atoms with Crippen molar-refractivity contribution in [2.24, 2.45) is 5.73 Å². The lowest BCUT2D eigenvalue weighted by Gasteiger charge is -2.10. The Morgan fingerprint density at radius 2 is 2.40 bits per heavy atom. The minimum atomic E-state index is -1.34. The Bertz CT molecular complexity index is 125. The summed E-state index contributed by atoms with van der Waals surface area (Å²) in [5, 5.41) is 9.91. The van der Waals surface area contributed by atoms with Gasteiger partial charge in [0.1, 0.15) is 0 Å². The molecule has 0 saturated heterocycles. The van der Waals surface area contributed by atoms with Crippen LogP contribution in [-0.4, -0.2) is 25.1 Å². The van der Waals surface area contributed by atoms with E-state index in [1.807, 2.05) is 0 Å². The molecule has 0 aromatic carbocycles. The third-order valence-corrected chi connectivity index (χ3v) is 0.917. The number of nitrogens with two attached hydrogens (primary N) is 1. The van der Waals surface area contributed by atoms with Crippen molar-refractivity contribution in [1.29, 1.82) is 0 Å². The van der Waals surface area contributed by atoms with Crippen molar-refractivity contribution in [2.45, 2.75) is 12.5 Å². The van der Waals surface area contributed by atoms with Crippen LogP contribution in [0.4, 0.5) is 0 Å². The molecule has 0 amide bonds.